The Morgan fingerprint density at radius 3 is 2.81 bits per heavy atom. The fourth-order valence-corrected chi connectivity index (χ4v) is 1.85. The second-order valence-corrected chi connectivity index (χ2v) is 4.28. The van der Waals surface area contributed by atoms with E-state index in [0.717, 1.165) is 30.0 Å². The third-order valence-corrected chi connectivity index (χ3v) is 2.97. The van der Waals surface area contributed by atoms with Crippen LogP contribution in [0.15, 0.2) is 29.2 Å². The number of benzene rings is 1. The van der Waals surface area contributed by atoms with Crippen LogP contribution in [0.1, 0.15) is 19.8 Å². The van der Waals surface area contributed by atoms with E-state index in [1.165, 1.54) is 0 Å². The largest absolute Gasteiger partial charge is 0.338 e. The van der Waals surface area contributed by atoms with Crippen molar-refractivity contribution in [3.8, 4) is 0 Å². The summed E-state index contributed by atoms with van der Waals surface area (Å²) in [5, 5.41) is 5.67. The average Bonchev–Trinajstić information content (AvgIpc) is 2.30. The van der Waals surface area contributed by atoms with E-state index in [-0.39, 0.29) is 6.03 Å². The second kappa shape index (κ2) is 7.17. The summed E-state index contributed by atoms with van der Waals surface area (Å²) in [5.74, 6) is 0. The highest BCUT2D eigenvalue weighted by atomic mass is 32.2. The SMILES string of the molecule is CCCCNC(=O)Nc1ccccc1SC. The molecule has 1 rings (SSSR count). The summed E-state index contributed by atoms with van der Waals surface area (Å²) in [6.45, 7) is 2.83. The Hall–Kier alpha value is -1.16. The van der Waals surface area contributed by atoms with Crippen LogP contribution in [0.4, 0.5) is 10.5 Å². The lowest BCUT2D eigenvalue weighted by Gasteiger charge is -2.09. The highest BCUT2D eigenvalue weighted by Gasteiger charge is 2.04. The molecule has 0 saturated carbocycles. The lowest BCUT2D eigenvalue weighted by molar-refractivity contribution is 0.252. The Bertz CT molecular complexity index is 342. The van der Waals surface area contributed by atoms with Crippen molar-refractivity contribution in [3.63, 3.8) is 0 Å². The number of unbranched alkanes of at least 4 members (excludes halogenated alkanes) is 1. The molecule has 0 unspecified atom stereocenters. The molecule has 0 heterocycles. The minimum atomic E-state index is -0.130. The molecular weight excluding hydrogens is 220 g/mol. The molecule has 0 spiro atoms. The Balaban J connectivity index is 2.49. The summed E-state index contributed by atoms with van der Waals surface area (Å²) in [5.41, 5.74) is 0.865. The molecule has 1 aromatic carbocycles. The van der Waals surface area contributed by atoms with Gasteiger partial charge in [0.15, 0.2) is 0 Å². The molecule has 16 heavy (non-hydrogen) atoms. The smallest absolute Gasteiger partial charge is 0.319 e. The molecule has 0 radical (unpaired) electrons. The third kappa shape index (κ3) is 4.14. The first kappa shape index (κ1) is 12.9. The summed E-state index contributed by atoms with van der Waals surface area (Å²) in [4.78, 5) is 12.6. The van der Waals surface area contributed by atoms with Crippen LogP contribution in [0.3, 0.4) is 0 Å². The molecule has 0 fully saturated rings. The number of para-hydroxylation sites is 1. The number of thioether (sulfide) groups is 1. The number of nitrogens with one attached hydrogen (secondary N) is 2. The van der Waals surface area contributed by atoms with Crippen LogP contribution in [-0.2, 0) is 0 Å². The zero-order chi connectivity index (χ0) is 11.8. The number of rotatable bonds is 5. The van der Waals surface area contributed by atoms with Crippen LogP contribution in [0, 0.1) is 0 Å². The molecule has 88 valence electrons. The summed E-state index contributed by atoms with van der Waals surface area (Å²) < 4.78 is 0. The topological polar surface area (TPSA) is 41.1 Å². The zero-order valence-corrected chi connectivity index (χ0v) is 10.6. The molecule has 1 aromatic rings. The van der Waals surface area contributed by atoms with Gasteiger partial charge in [0.1, 0.15) is 0 Å². The zero-order valence-electron chi connectivity index (χ0n) is 9.75. The van der Waals surface area contributed by atoms with Crippen molar-refractivity contribution in [1.82, 2.24) is 5.32 Å². The maximum atomic E-state index is 11.5. The monoisotopic (exact) mass is 238 g/mol. The molecule has 0 saturated heterocycles. The van der Waals surface area contributed by atoms with Gasteiger partial charge < -0.3 is 10.6 Å². The number of urea groups is 1. The molecule has 0 aliphatic rings. The van der Waals surface area contributed by atoms with Crippen LogP contribution in [0.5, 0.6) is 0 Å². The molecule has 0 aliphatic heterocycles. The van der Waals surface area contributed by atoms with Crippen LogP contribution in [0.2, 0.25) is 0 Å². The molecule has 2 amide bonds. The fourth-order valence-electron chi connectivity index (χ4n) is 1.29. The van der Waals surface area contributed by atoms with Crippen LogP contribution in [0.25, 0.3) is 0 Å². The van der Waals surface area contributed by atoms with Crippen LogP contribution < -0.4 is 10.6 Å². The maximum Gasteiger partial charge on any atom is 0.319 e. The molecule has 2 N–H and O–H groups in total. The highest BCUT2D eigenvalue weighted by Crippen LogP contribution is 2.24. The number of anilines is 1. The Morgan fingerprint density at radius 1 is 1.38 bits per heavy atom. The quantitative estimate of drug-likeness (QED) is 0.610. The lowest BCUT2D eigenvalue weighted by atomic mass is 10.3. The van der Waals surface area contributed by atoms with E-state index in [0.29, 0.717) is 0 Å². The standard InChI is InChI=1S/C12H18N2OS/c1-3-4-9-13-12(15)14-10-7-5-6-8-11(10)16-2/h5-8H,3-4,9H2,1-2H3,(H2,13,14,15). The van der Waals surface area contributed by atoms with Crippen molar-refractivity contribution in [2.45, 2.75) is 24.7 Å². The van der Waals surface area contributed by atoms with E-state index < -0.39 is 0 Å². The van der Waals surface area contributed by atoms with Gasteiger partial charge in [-0.2, -0.15) is 0 Å². The van der Waals surface area contributed by atoms with Crippen molar-refractivity contribution in [3.05, 3.63) is 24.3 Å². The van der Waals surface area contributed by atoms with Crippen molar-refractivity contribution in [1.29, 1.82) is 0 Å². The number of carbonyl (C=O) groups excluding carboxylic acids is 1. The number of carbonyl (C=O) groups is 1. The molecule has 0 bridgehead atoms. The summed E-state index contributed by atoms with van der Waals surface area (Å²) >= 11 is 1.62. The van der Waals surface area contributed by atoms with Gasteiger partial charge in [0, 0.05) is 11.4 Å². The van der Waals surface area contributed by atoms with Crippen LogP contribution in [-0.4, -0.2) is 18.8 Å². The number of hydrogen-bond acceptors (Lipinski definition) is 2. The predicted octanol–water partition coefficient (Wildman–Crippen LogP) is 3.33. The van der Waals surface area contributed by atoms with Gasteiger partial charge in [0.05, 0.1) is 5.69 Å². The molecule has 4 heteroatoms. The molecule has 0 aliphatic carbocycles. The normalized spacial score (nSPS) is 9.88. The van der Waals surface area contributed by atoms with Gasteiger partial charge in [-0.15, -0.1) is 11.8 Å². The molecule has 3 nitrogen and oxygen atoms in total. The molecule has 0 aromatic heterocycles. The van der Waals surface area contributed by atoms with E-state index in [4.69, 9.17) is 0 Å². The van der Waals surface area contributed by atoms with Crippen LogP contribution >= 0.6 is 11.8 Å². The van der Waals surface area contributed by atoms with E-state index in [1.807, 2.05) is 30.5 Å². The second-order valence-electron chi connectivity index (χ2n) is 3.43. The minimum absolute atomic E-state index is 0.130. The van der Waals surface area contributed by atoms with Crippen molar-refractivity contribution >= 4 is 23.5 Å². The fraction of sp³-hybridized carbons (Fsp3) is 0.417. The minimum Gasteiger partial charge on any atom is -0.338 e. The third-order valence-electron chi connectivity index (χ3n) is 2.17. The number of hydrogen-bond donors (Lipinski definition) is 2. The van der Waals surface area contributed by atoms with Crippen molar-refractivity contribution < 1.29 is 4.79 Å². The summed E-state index contributed by atoms with van der Waals surface area (Å²) in [7, 11) is 0. The first-order chi connectivity index (χ1) is 7.77. The average molecular weight is 238 g/mol. The summed E-state index contributed by atoms with van der Waals surface area (Å²) in [6, 6.07) is 7.65. The van der Waals surface area contributed by atoms with Gasteiger partial charge in [-0.05, 0) is 24.8 Å². The number of amides is 2. The van der Waals surface area contributed by atoms with Gasteiger partial charge in [0.2, 0.25) is 0 Å². The van der Waals surface area contributed by atoms with E-state index in [2.05, 4.69) is 17.6 Å². The Morgan fingerprint density at radius 2 is 2.12 bits per heavy atom. The highest BCUT2D eigenvalue weighted by molar-refractivity contribution is 7.98. The molecular formula is C12H18N2OS. The summed E-state index contributed by atoms with van der Waals surface area (Å²) in [6.07, 6.45) is 4.09. The first-order valence-corrected chi connectivity index (χ1v) is 6.68. The van der Waals surface area contributed by atoms with E-state index in [1.54, 1.807) is 11.8 Å². The first-order valence-electron chi connectivity index (χ1n) is 5.45. The van der Waals surface area contributed by atoms with Crippen molar-refractivity contribution in [2.24, 2.45) is 0 Å². The van der Waals surface area contributed by atoms with Gasteiger partial charge >= 0.3 is 6.03 Å². The van der Waals surface area contributed by atoms with Gasteiger partial charge in [-0.3, -0.25) is 0 Å². The van der Waals surface area contributed by atoms with E-state index in [9.17, 15) is 4.79 Å². The van der Waals surface area contributed by atoms with E-state index >= 15 is 0 Å². The molecule has 0 atom stereocenters. The lowest BCUT2D eigenvalue weighted by Crippen LogP contribution is -2.29. The van der Waals surface area contributed by atoms with Gasteiger partial charge in [-0.25, -0.2) is 4.79 Å². The Kier molecular flexibility index (Phi) is 5.78. The van der Waals surface area contributed by atoms with Gasteiger partial charge in [-0.1, -0.05) is 25.5 Å². The van der Waals surface area contributed by atoms with Crippen molar-refractivity contribution in [2.75, 3.05) is 18.1 Å². The maximum absolute atomic E-state index is 11.5. The van der Waals surface area contributed by atoms with Gasteiger partial charge in [0.25, 0.3) is 0 Å². The Labute approximate surface area is 101 Å². The predicted molar refractivity (Wildman–Crippen MR) is 70.2 cm³/mol.